The van der Waals surface area contributed by atoms with E-state index in [2.05, 4.69) is 10.6 Å². The van der Waals surface area contributed by atoms with Crippen molar-refractivity contribution >= 4 is 17.7 Å². The van der Waals surface area contributed by atoms with Crippen molar-refractivity contribution in [2.24, 2.45) is 0 Å². The molecule has 26 heavy (non-hydrogen) atoms. The first-order valence-electron chi connectivity index (χ1n) is 9.23. The molecule has 1 spiro atoms. The van der Waals surface area contributed by atoms with Gasteiger partial charge in [-0.05, 0) is 50.0 Å². The first kappa shape index (κ1) is 15.8. The van der Waals surface area contributed by atoms with Crippen molar-refractivity contribution in [1.29, 1.82) is 0 Å². The maximum Gasteiger partial charge on any atom is 0.255 e. The van der Waals surface area contributed by atoms with Gasteiger partial charge in [-0.15, -0.1) is 0 Å². The zero-order valence-corrected chi connectivity index (χ0v) is 14.5. The molecule has 4 heterocycles. The maximum atomic E-state index is 13.0. The molecule has 1 atom stereocenters. The van der Waals surface area contributed by atoms with Crippen LogP contribution in [0.25, 0.3) is 0 Å². The van der Waals surface area contributed by atoms with Gasteiger partial charge in [0, 0.05) is 29.5 Å². The molecule has 2 saturated heterocycles. The third-order valence-electron chi connectivity index (χ3n) is 6.26. The highest BCUT2D eigenvalue weighted by atomic mass is 16.5. The zero-order chi connectivity index (χ0) is 17.9. The molecule has 136 valence electrons. The highest BCUT2D eigenvalue weighted by molar-refractivity contribution is 6.05. The Balaban J connectivity index is 1.47. The van der Waals surface area contributed by atoms with Crippen LogP contribution in [0.3, 0.4) is 0 Å². The van der Waals surface area contributed by atoms with Gasteiger partial charge >= 0.3 is 0 Å². The minimum Gasteiger partial charge on any atom is -0.492 e. The molecule has 3 amide bonds. The molecule has 0 saturated carbocycles. The van der Waals surface area contributed by atoms with E-state index in [1.54, 1.807) is 4.90 Å². The van der Waals surface area contributed by atoms with E-state index in [9.17, 15) is 14.4 Å². The molecule has 1 aromatic carbocycles. The van der Waals surface area contributed by atoms with E-state index < -0.39 is 6.04 Å². The maximum absolute atomic E-state index is 13.0. The van der Waals surface area contributed by atoms with Gasteiger partial charge in [-0.2, -0.15) is 0 Å². The molecule has 0 aliphatic carbocycles. The van der Waals surface area contributed by atoms with Crippen LogP contribution in [-0.2, 0) is 21.5 Å². The number of benzene rings is 1. The minimum absolute atomic E-state index is 0.00204. The lowest BCUT2D eigenvalue weighted by Gasteiger charge is -2.32. The smallest absolute Gasteiger partial charge is 0.255 e. The van der Waals surface area contributed by atoms with Crippen LogP contribution in [0.1, 0.15) is 47.2 Å². The average molecular weight is 355 g/mol. The van der Waals surface area contributed by atoms with Crippen molar-refractivity contribution < 1.29 is 19.1 Å². The Morgan fingerprint density at radius 3 is 2.73 bits per heavy atom. The van der Waals surface area contributed by atoms with Crippen molar-refractivity contribution in [3.63, 3.8) is 0 Å². The summed E-state index contributed by atoms with van der Waals surface area (Å²) in [4.78, 5) is 38.2. The van der Waals surface area contributed by atoms with E-state index in [1.165, 1.54) is 0 Å². The summed E-state index contributed by atoms with van der Waals surface area (Å²) in [5, 5.41) is 5.73. The van der Waals surface area contributed by atoms with Gasteiger partial charge in [-0.25, -0.2) is 0 Å². The Hall–Kier alpha value is -2.41. The fourth-order valence-electron chi connectivity index (χ4n) is 4.74. The number of piperidine rings is 2. The second-order valence-electron chi connectivity index (χ2n) is 7.72. The number of ether oxygens (including phenoxy) is 1. The van der Waals surface area contributed by atoms with Crippen LogP contribution in [0.4, 0.5) is 0 Å². The number of nitrogens with one attached hydrogen (secondary N) is 2. The van der Waals surface area contributed by atoms with Gasteiger partial charge in [0.15, 0.2) is 0 Å². The van der Waals surface area contributed by atoms with Gasteiger partial charge in [0.1, 0.15) is 11.8 Å². The van der Waals surface area contributed by atoms with Crippen LogP contribution in [-0.4, -0.2) is 48.4 Å². The third kappa shape index (κ3) is 2.19. The Bertz CT molecular complexity index is 828. The molecule has 2 fully saturated rings. The van der Waals surface area contributed by atoms with Crippen molar-refractivity contribution in [2.45, 2.75) is 43.7 Å². The minimum atomic E-state index is -0.573. The van der Waals surface area contributed by atoms with E-state index >= 15 is 0 Å². The summed E-state index contributed by atoms with van der Waals surface area (Å²) in [6, 6.07) is 3.40. The second-order valence-corrected chi connectivity index (χ2v) is 7.72. The van der Waals surface area contributed by atoms with Crippen molar-refractivity contribution in [2.75, 3.05) is 19.7 Å². The predicted octanol–water partition coefficient (Wildman–Crippen LogP) is 0.461. The lowest BCUT2D eigenvalue weighted by atomic mass is 9.74. The highest BCUT2D eigenvalue weighted by Gasteiger charge is 2.45. The van der Waals surface area contributed by atoms with Crippen molar-refractivity contribution in [1.82, 2.24) is 15.5 Å². The van der Waals surface area contributed by atoms with Gasteiger partial charge in [-0.1, -0.05) is 0 Å². The Morgan fingerprint density at radius 2 is 1.96 bits per heavy atom. The van der Waals surface area contributed by atoms with E-state index in [4.69, 9.17) is 4.74 Å². The van der Waals surface area contributed by atoms with E-state index in [0.29, 0.717) is 25.1 Å². The van der Waals surface area contributed by atoms with Crippen LogP contribution >= 0.6 is 0 Å². The average Bonchev–Trinajstić information content (AvgIpc) is 3.13. The molecule has 7 heteroatoms. The summed E-state index contributed by atoms with van der Waals surface area (Å²) in [6.07, 6.45) is 2.66. The first-order valence-corrected chi connectivity index (χ1v) is 9.23. The summed E-state index contributed by atoms with van der Waals surface area (Å²) in [5.41, 5.74) is 2.72. The van der Waals surface area contributed by atoms with E-state index in [1.807, 2.05) is 12.1 Å². The quantitative estimate of drug-likeness (QED) is 0.715. The number of hydrogen-bond donors (Lipinski definition) is 2. The molecular weight excluding hydrogens is 334 g/mol. The number of carbonyl (C=O) groups is 3. The summed E-state index contributed by atoms with van der Waals surface area (Å²) in [7, 11) is 0. The van der Waals surface area contributed by atoms with Crippen molar-refractivity contribution in [3.05, 3.63) is 28.8 Å². The molecule has 1 unspecified atom stereocenters. The largest absolute Gasteiger partial charge is 0.492 e. The molecule has 2 N–H and O–H groups in total. The number of rotatable bonds is 1. The van der Waals surface area contributed by atoms with Gasteiger partial charge in [0.2, 0.25) is 11.8 Å². The number of fused-ring (bicyclic) bond motifs is 3. The summed E-state index contributed by atoms with van der Waals surface area (Å²) in [6.45, 7) is 2.98. The molecule has 4 aliphatic rings. The van der Waals surface area contributed by atoms with Crippen LogP contribution in [0.2, 0.25) is 0 Å². The van der Waals surface area contributed by atoms with Gasteiger partial charge in [-0.3, -0.25) is 19.7 Å². The fraction of sp³-hybridized carbons (Fsp3) is 0.526. The summed E-state index contributed by atoms with van der Waals surface area (Å²) in [5.74, 6) is 0.119. The predicted molar refractivity (Wildman–Crippen MR) is 91.8 cm³/mol. The van der Waals surface area contributed by atoms with Crippen LogP contribution in [0.15, 0.2) is 12.1 Å². The lowest BCUT2D eigenvalue weighted by Crippen LogP contribution is -2.52. The zero-order valence-electron chi connectivity index (χ0n) is 14.5. The summed E-state index contributed by atoms with van der Waals surface area (Å²) < 4.78 is 5.99. The fourth-order valence-corrected chi connectivity index (χ4v) is 4.74. The number of imide groups is 1. The topological polar surface area (TPSA) is 87.7 Å². The number of hydrogen-bond acceptors (Lipinski definition) is 5. The van der Waals surface area contributed by atoms with Gasteiger partial charge in [0.25, 0.3) is 5.91 Å². The number of amides is 3. The Labute approximate surface area is 151 Å². The molecule has 4 aliphatic heterocycles. The number of nitrogens with zero attached hydrogens (tertiary/aromatic N) is 1. The third-order valence-corrected chi connectivity index (χ3v) is 6.26. The number of carbonyl (C=O) groups excluding carboxylic acids is 3. The molecule has 0 aromatic heterocycles. The van der Waals surface area contributed by atoms with Gasteiger partial charge in [0.05, 0.1) is 6.61 Å². The highest BCUT2D eigenvalue weighted by Crippen LogP contribution is 2.46. The molecular formula is C19H21N3O4. The van der Waals surface area contributed by atoms with E-state index in [-0.39, 0.29) is 29.6 Å². The summed E-state index contributed by atoms with van der Waals surface area (Å²) >= 11 is 0. The lowest BCUT2D eigenvalue weighted by molar-refractivity contribution is -0.136. The normalized spacial score (nSPS) is 26.5. The van der Waals surface area contributed by atoms with Crippen molar-refractivity contribution in [3.8, 4) is 5.75 Å². The standard InChI is InChI=1S/C19H21N3O4/c23-16-2-1-14(17(24)21-16)22-9-11-7-15-13(8-12(11)18(22)25)19(10-26-15)3-5-20-6-4-19/h7-8,14,20H,1-6,9-10H2,(H,21,23,24). The Morgan fingerprint density at radius 1 is 1.15 bits per heavy atom. The molecule has 1 aromatic rings. The molecule has 7 nitrogen and oxygen atoms in total. The second kappa shape index (κ2) is 5.54. The SMILES string of the molecule is O=C1CCC(N2Cc3cc4c(cc3C2=O)C2(CCNCC2)CO4)C(=O)N1. The van der Waals surface area contributed by atoms with E-state index in [0.717, 1.165) is 42.8 Å². The molecule has 0 bridgehead atoms. The van der Waals surface area contributed by atoms with Crippen LogP contribution in [0.5, 0.6) is 5.75 Å². The van der Waals surface area contributed by atoms with Gasteiger partial charge < -0.3 is 15.0 Å². The van der Waals surface area contributed by atoms with Crippen LogP contribution < -0.4 is 15.4 Å². The van der Waals surface area contributed by atoms with Crippen LogP contribution in [0, 0.1) is 0 Å². The monoisotopic (exact) mass is 355 g/mol. The first-order chi connectivity index (χ1) is 12.6. The molecule has 0 radical (unpaired) electrons. The molecule has 5 rings (SSSR count). The Kier molecular flexibility index (Phi) is 3.37.